The van der Waals surface area contributed by atoms with Crippen molar-refractivity contribution in [2.24, 2.45) is 0 Å². The van der Waals surface area contributed by atoms with Crippen molar-refractivity contribution in [1.29, 1.82) is 0 Å². The van der Waals surface area contributed by atoms with Gasteiger partial charge in [-0.05, 0) is 49.9 Å². The molecular formula is C14H17F3O2. The number of hydrogen-bond donors (Lipinski definition) is 0. The van der Waals surface area contributed by atoms with Gasteiger partial charge in [-0.15, -0.1) is 0 Å². The van der Waals surface area contributed by atoms with E-state index in [-0.39, 0.29) is 11.1 Å². The van der Waals surface area contributed by atoms with Gasteiger partial charge in [0.15, 0.2) is 0 Å². The van der Waals surface area contributed by atoms with E-state index in [2.05, 4.69) is 0 Å². The molecule has 0 unspecified atom stereocenters. The number of carbonyl (C=O) groups is 1. The van der Waals surface area contributed by atoms with Crippen molar-refractivity contribution in [3.63, 3.8) is 0 Å². The summed E-state index contributed by atoms with van der Waals surface area (Å²) in [6, 6.07) is 1.50. The lowest BCUT2D eigenvalue weighted by atomic mass is 9.94. The second-order valence-electron chi connectivity index (χ2n) is 4.49. The number of halogens is 3. The molecule has 0 aliphatic rings. The third kappa shape index (κ3) is 3.28. The van der Waals surface area contributed by atoms with Gasteiger partial charge in [0.2, 0.25) is 0 Å². The van der Waals surface area contributed by atoms with Crippen molar-refractivity contribution in [3.05, 3.63) is 28.3 Å². The van der Waals surface area contributed by atoms with E-state index in [0.717, 1.165) is 6.42 Å². The van der Waals surface area contributed by atoms with Gasteiger partial charge in [-0.2, -0.15) is 13.2 Å². The molecule has 1 rings (SSSR count). The third-order valence-electron chi connectivity index (χ3n) is 3.00. The normalized spacial score (nSPS) is 11.5. The van der Waals surface area contributed by atoms with Crippen LogP contribution < -0.4 is 4.74 Å². The quantitative estimate of drug-likeness (QED) is 0.771. The zero-order valence-corrected chi connectivity index (χ0v) is 11.4. The molecule has 106 valence electrons. The van der Waals surface area contributed by atoms with Crippen LogP contribution in [0.5, 0.6) is 5.75 Å². The number of carbonyl (C=O) groups excluding carboxylic acids is 1. The Morgan fingerprint density at radius 1 is 1.21 bits per heavy atom. The molecule has 0 aliphatic heterocycles. The number of rotatable bonds is 4. The Balaban J connectivity index is 3.30. The second-order valence-corrected chi connectivity index (χ2v) is 4.49. The van der Waals surface area contributed by atoms with Crippen molar-refractivity contribution in [3.8, 4) is 5.75 Å². The topological polar surface area (TPSA) is 26.3 Å². The first-order chi connectivity index (χ1) is 8.70. The Morgan fingerprint density at radius 2 is 1.79 bits per heavy atom. The van der Waals surface area contributed by atoms with Crippen LogP contribution in [-0.2, 0) is 0 Å². The molecule has 0 saturated heterocycles. The minimum atomic E-state index is -4.85. The highest BCUT2D eigenvalue weighted by molar-refractivity contribution is 6.03. The highest BCUT2D eigenvalue weighted by atomic mass is 19.4. The maximum atomic E-state index is 12.5. The second kappa shape index (κ2) is 5.63. The van der Waals surface area contributed by atoms with Crippen LogP contribution in [0, 0.1) is 20.8 Å². The summed E-state index contributed by atoms with van der Waals surface area (Å²) in [4.78, 5) is 11.4. The number of alkyl halides is 3. The first-order valence-corrected chi connectivity index (χ1v) is 6.05. The first kappa shape index (κ1) is 15.5. The molecule has 1 aromatic carbocycles. The van der Waals surface area contributed by atoms with Crippen LogP contribution in [-0.4, -0.2) is 18.6 Å². The Bertz CT molecular complexity index is 490. The average Bonchev–Trinajstić information content (AvgIpc) is 2.30. The molecule has 0 aliphatic carbocycles. The summed E-state index contributed by atoms with van der Waals surface area (Å²) in [7, 11) is 0. The van der Waals surface area contributed by atoms with Crippen LogP contribution in [0.25, 0.3) is 0 Å². The van der Waals surface area contributed by atoms with Crippen molar-refractivity contribution in [2.45, 2.75) is 40.3 Å². The van der Waals surface area contributed by atoms with E-state index >= 15 is 0 Å². The maximum absolute atomic E-state index is 12.5. The van der Waals surface area contributed by atoms with Gasteiger partial charge >= 0.3 is 6.18 Å². The molecule has 0 bridgehead atoms. The largest absolute Gasteiger partial charge is 0.493 e. The highest BCUT2D eigenvalue weighted by Gasteiger charge is 2.41. The minimum absolute atomic E-state index is 0.270. The van der Waals surface area contributed by atoms with Crippen molar-refractivity contribution >= 4 is 5.78 Å². The van der Waals surface area contributed by atoms with Gasteiger partial charge in [-0.3, -0.25) is 4.79 Å². The van der Waals surface area contributed by atoms with Gasteiger partial charge in [0.25, 0.3) is 5.78 Å². The van der Waals surface area contributed by atoms with Gasteiger partial charge in [-0.1, -0.05) is 6.92 Å². The smallest absolute Gasteiger partial charge is 0.454 e. The average molecular weight is 274 g/mol. The Kier molecular flexibility index (Phi) is 4.61. The van der Waals surface area contributed by atoms with Crippen LogP contribution in [0.2, 0.25) is 0 Å². The van der Waals surface area contributed by atoms with E-state index in [4.69, 9.17) is 4.74 Å². The SMILES string of the molecule is CCCOc1cc(C)c(C(=O)C(F)(F)F)c(C)c1C. The van der Waals surface area contributed by atoms with Gasteiger partial charge in [0, 0.05) is 5.56 Å². The summed E-state index contributed by atoms with van der Waals surface area (Å²) in [5.41, 5.74) is 0.922. The van der Waals surface area contributed by atoms with Crippen molar-refractivity contribution in [1.82, 2.24) is 0 Å². The first-order valence-electron chi connectivity index (χ1n) is 6.05. The van der Waals surface area contributed by atoms with Gasteiger partial charge < -0.3 is 4.74 Å². The molecule has 0 saturated carbocycles. The Morgan fingerprint density at radius 3 is 2.26 bits per heavy atom. The molecule has 0 fully saturated rings. The lowest BCUT2D eigenvalue weighted by Crippen LogP contribution is -2.25. The Hall–Kier alpha value is -1.52. The van der Waals surface area contributed by atoms with Crippen molar-refractivity contribution < 1.29 is 22.7 Å². The van der Waals surface area contributed by atoms with Crippen LogP contribution in [0.4, 0.5) is 13.2 Å². The molecule has 5 heteroatoms. The fourth-order valence-corrected chi connectivity index (χ4v) is 1.90. The molecule has 0 heterocycles. The number of aryl methyl sites for hydroxylation is 1. The number of Topliss-reactive ketones (excluding diaryl/α,β-unsaturated/α-hetero) is 1. The molecular weight excluding hydrogens is 257 g/mol. The molecule has 0 spiro atoms. The molecule has 1 aromatic rings. The van der Waals surface area contributed by atoms with E-state index in [1.54, 1.807) is 6.92 Å². The van der Waals surface area contributed by atoms with E-state index in [1.807, 2.05) is 6.92 Å². The van der Waals surface area contributed by atoms with E-state index in [0.29, 0.717) is 23.5 Å². The molecule has 0 atom stereocenters. The van der Waals surface area contributed by atoms with E-state index < -0.39 is 12.0 Å². The number of hydrogen-bond acceptors (Lipinski definition) is 2. The van der Waals surface area contributed by atoms with Crippen LogP contribution in [0.3, 0.4) is 0 Å². The summed E-state index contributed by atoms with van der Waals surface area (Å²) < 4.78 is 43.1. The lowest BCUT2D eigenvalue weighted by Gasteiger charge is -2.17. The van der Waals surface area contributed by atoms with Crippen LogP contribution in [0.15, 0.2) is 6.07 Å². The fraction of sp³-hybridized carbons (Fsp3) is 0.500. The molecule has 0 aromatic heterocycles. The van der Waals surface area contributed by atoms with Gasteiger partial charge in [0.05, 0.1) is 6.61 Å². The van der Waals surface area contributed by atoms with Crippen LogP contribution in [0.1, 0.15) is 40.4 Å². The van der Waals surface area contributed by atoms with E-state index in [1.165, 1.54) is 19.9 Å². The fourth-order valence-electron chi connectivity index (χ4n) is 1.90. The predicted molar refractivity (Wildman–Crippen MR) is 66.8 cm³/mol. The lowest BCUT2D eigenvalue weighted by molar-refractivity contribution is -0.0886. The minimum Gasteiger partial charge on any atom is -0.493 e. The molecule has 0 N–H and O–H groups in total. The summed E-state index contributed by atoms with van der Waals surface area (Å²) in [5.74, 6) is -1.26. The summed E-state index contributed by atoms with van der Waals surface area (Å²) >= 11 is 0. The Labute approximate surface area is 110 Å². The summed E-state index contributed by atoms with van der Waals surface area (Å²) in [5, 5.41) is 0. The number of ether oxygens (including phenoxy) is 1. The molecule has 0 amide bonds. The predicted octanol–water partition coefficient (Wildman–Crippen LogP) is 4.15. The van der Waals surface area contributed by atoms with Gasteiger partial charge in [-0.25, -0.2) is 0 Å². The third-order valence-corrected chi connectivity index (χ3v) is 3.00. The zero-order chi connectivity index (χ0) is 14.8. The van der Waals surface area contributed by atoms with Gasteiger partial charge in [0.1, 0.15) is 5.75 Å². The maximum Gasteiger partial charge on any atom is 0.454 e. The number of ketones is 1. The van der Waals surface area contributed by atoms with E-state index in [9.17, 15) is 18.0 Å². The molecule has 19 heavy (non-hydrogen) atoms. The molecule has 2 nitrogen and oxygen atoms in total. The van der Waals surface area contributed by atoms with Crippen LogP contribution >= 0.6 is 0 Å². The number of benzene rings is 1. The highest BCUT2D eigenvalue weighted by Crippen LogP contribution is 2.32. The summed E-state index contributed by atoms with van der Waals surface area (Å²) in [6.07, 6.45) is -4.05. The standard InChI is InChI=1S/C14H17F3O2/c1-5-6-19-11-7-8(2)12(10(4)9(11)3)13(18)14(15,16)17/h7H,5-6H2,1-4H3. The monoisotopic (exact) mass is 274 g/mol. The summed E-state index contributed by atoms with van der Waals surface area (Å²) in [6.45, 7) is 7.10. The zero-order valence-electron chi connectivity index (χ0n) is 11.4. The van der Waals surface area contributed by atoms with Crippen molar-refractivity contribution in [2.75, 3.05) is 6.61 Å². The molecule has 0 radical (unpaired) electrons.